The molecule has 0 radical (unpaired) electrons. The Morgan fingerprint density at radius 1 is 1.00 bits per heavy atom. The lowest BCUT2D eigenvalue weighted by atomic mass is 9.72. The van der Waals surface area contributed by atoms with Gasteiger partial charge in [0.05, 0.1) is 22.9 Å². The maximum absolute atomic E-state index is 14.2. The average Bonchev–Trinajstić information content (AvgIpc) is 3.35. The fraction of sp³-hybridized carbons (Fsp3) is 0.649. The van der Waals surface area contributed by atoms with Gasteiger partial charge in [-0.2, -0.15) is 0 Å². The van der Waals surface area contributed by atoms with Crippen LogP contribution in [-0.2, 0) is 25.8 Å². The lowest BCUT2D eigenvalue weighted by Crippen LogP contribution is -2.64. The summed E-state index contributed by atoms with van der Waals surface area (Å²) in [7, 11) is -3.88. The van der Waals surface area contributed by atoms with E-state index in [0.717, 1.165) is 43.1 Å². The lowest BCUT2D eigenvalue weighted by molar-refractivity contribution is -0.133. The molecule has 11 nitrogen and oxygen atoms in total. The number of β-amino-alcohol motifs (C(OH)–C–C–N with tert-alkyl or cyclic N) is 1. The van der Waals surface area contributed by atoms with Crippen molar-refractivity contribution in [3.05, 3.63) is 59.0 Å². The first-order chi connectivity index (χ1) is 22.8. The Balaban J connectivity index is 1.63. The Bertz CT molecular complexity index is 1560. The van der Waals surface area contributed by atoms with Crippen LogP contribution in [0.4, 0.5) is 0 Å². The SMILES string of the molecule is Cc1cc(C(=O)N[C@H](C(=O)N[C@@H](Cc2ccccc2)[C@H](O)CN2C[C@H]3CCCC[C@H]3C[C@H]2C(=O)NC(C)(C)C)C(C)(C)S(C)(=O)=O)oc1C. The minimum Gasteiger partial charge on any atom is -0.456 e. The fourth-order valence-electron chi connectivity index (χ4n) is 7.07. The molecule has 1 aliphatic carbocycles. The van der Waals surface area contributed by atoms with Crippen LogP contribution in [0.2, 0.25) is 0 Å². The molecular weight excluding hydrogens is 644 g/mol. The van der Waals surface area contributed by atoms with Gasteiger partial charge in [0.1, 0.15) is 11.8 Å². The van der Waals surface area contributed by atoms with Gasteiger partial charge in [-0.1, -0.05) is 49.6 Å². The Labute approximate surface area is 291 Å². The van der Waals surface area contributed by atoms with Crippen molar-refractivity contribution in [3.8, 4) is 0 Å². The molecule has 1 saturated carbocycles. The number of hydrogen-bond acceptors (Lipinski definition) is 8. The van der Waals surface area contributed by atoms with Crippen molar-refractivity contribution in [2.24, 2.45) is 11.8 Å². The van der Waals surface area contributed by atoms with E-state index in [9.17, 15) is 27.9 Å². The Morgan fingerprint density at radius 3 is 2.20 bits per heavy atom. The molecule has 4 rings (SSSR count). The number of nitrogens with one attached hydrogen (secondary N) is 3. The summed E-state index contributed by atoms with van der Waals surface area (Å²) in [6, 6.07) is 8.10. The van der Waals surface area contributed by atoms with Crippen LogP contribution < -0.4 is 16.0 Å². The van der Waals surface area contributed by atoms with E-state index >= 15 is 0 Å². The molecule has 1 saturated heterocycles. The number of aryl methyl sites for hydroxylation is 2. The predicted octanol–water partition coefficient (Wildman–Crippen LogP) is 3.70. The Kier molecular flexibility index (Phi) is 12.1. The van der Waals surface area contributed by atoms with Gasteiger partial charge in [0.25, 0.3) is 5.91 Å². The second kappa shape index (κ2) is 15.3. The fourth-order valence-corrected chi connectivity index (χ4v) is 7.66. The van der Waals surface area contributed by atoms with Gasteiger partial charge in [0.15, 0.2) is 15.6 Å². The number of likely N-dealkylation sites (tertiary alicyclic amines) is 1. The number of nitrogens with zero attached hydrogens (tertiary/aromatic N) is 1. The molecule has 0 unspecified atom stereocenters. The number of rotatable bonds is 12. The number of aliphatic hydroxyl groups excluding tert-OH is 1. The standard InChI is InChI=1S/C37H56N4O7S/c1-23-18-31(48-24(23)2)34(44)39-32(37(6,7)49(8,46)47)35(45)38-28(19-25-14-10-9-11-15-25)30(42)22-41-21-27-17-13-12-16-26(27)20-29(41)33(43)40-36(3,4)5/h9-11,14-15,18,26-30,32,42H,12-13,16-17,19-22H2,1-8H3,(H,38,45)(H,39,44)(H,40,43)/t26-,27+,28-,29-,30+,32+/m0/s1. The molecule has 12 heteroatoms. The molecule has 1 aromatic carbocycles. The van der Waals surface area contributed by atoms with Gasteiger partial charge < -0.3 is 25.5 Å². The van der Waals surface area contributed by atoms with E-state index in [1.54, 1.807) is 13.8 Å². The zero-order valence-electron chi connectivity index (χ0n) is 30.3. The van der Waals surface area contributed by atoms with Crippen LogP contribution in [0, 0.1) is 25.7 Å². The summed E-state index contributed by atoms with van der Waals surface area (Å²) >= 11 is 0. The maximum Gasteiger partial charge on any atom is 0.287 e. The van der Waals surface area contributed by atoms with Crippen LogP contribution in [0.25, 0.3) is 0 Å². The number of amides is 3. The number of hydrogen-bond donors (Lipinski definition) is 4. The van der Waals surface area contributed by atoms with Gasteiger partial charge in [0, 0.05) is 24.9 Å². The zero-order valence-corrected chi connectivity index (χ0v) is 31.2. The number of sulfone groups is 1. The molecule has 1 aliphatic heterocycles. The van der Waals surface area contributed by atoms with E-state index in [-0.39, 0.29) is 24.6 Å². The highest BCUT2D eigenvalue weighted by atomic mass is 32.2. The molecule has 0 spiro atoms. The highest BCUT2D eigenvalue weighted by Crippen LogP contribution is 2.39. The quantitative estimate of drug-likeness (QED) is 0.261. The molecule has 2 aromatic rings. The Hall–Kier alpha value is -3.22. The van der Waals surface area contributed by atoms with Crippen molar-refractivity contribution in [1.29, 1.82) is 0 Å². The highest BCUT2D eigenvalue weighted by molar-refractivity contribution is 7.92. The molecule has 2 fully saturated rings. The van der Waals surface area contributed by atoms with E-state index in [1.165, 1.54) is 19.9 Å². The third kappa shape index (κ3) is 9.73. The molecule has 49 heavy (non-hydrogen) atoms. The van der Waals surface area contributed by atoms with Gasteiger partial charge in [-0.3, -0.25) is 19.3 Å². The minimum absolute atomic E-state index is 0.0383. The first-order valence-corrected chi connectivity index (χ1v) is 19.3. The van der Waals surface area contributed by atoms with E-state index in [0.29, 0.717) is 30.6 Å². The number of piperidine rings is 1. The average molecular weight is 701 g/mol. The summed E-state index contributed by atoms with van der Waals surface area (Å²) < 4.78 is 29.9. The van der Waals surface area contributed by atoms with Crippen molar-refractivity contribution in [3.63, 3.8) is 0 Å². The summed E-state index contributed by atoms with van der Waals surface area (Å²) in [6.07, 6.45) is 5.31. The summed E-state index contributed by atoms with van der Waals surface area (Å²) in [5, 5.41) is 20.6. The molecule has 6 atom stereocenters. The first-order valence-electron chi connectivity index (χ1n) is 17.4. The largest absolute Gasteiger partial charge is 0.456 e. The third-order valence-electron chi connectivity index (χ3n) is 10.4. The van der Waals surface area contributed by atoms with Crippen LogP contribution in [0.15, 0.2) is 40.8 Å². The van der Waals surface area contributed by atoms with Crippen LogP contribution >= 0.6 is 0 Å². The van der Waals surface area contributed by atoms with Crippen molar-refractivity contribution >= 4 is 27.6 Å². The number of aliphatic hydroxyl groups is 1. The topological polar surface area (TPSA) is 158 Å². The predicted molar refractivity (Wildman–Crippen MR) is 190 cm³/mol. The normalized spacial score (nSPS) is 22.3. The minimum atomic E-state index is -3.88. The second-order valence-electron chi connectivity index (χ2n) is 15.8. The summed E-state index contributed by atoms with van der Waals surface area (Å²) in [6.45, 7) is 12.9. The number of carbonyl (C=O) groups is 3. The van der Waals surface area contributed by atoms with Crippen molar-refractivity contribution < 1.29 is 32.3 Å². The summed E-state index contributed by atoms with van der Waals surface area (Å²) in [5.74, 6) is -0.190. The van der Waals surface area contributed by atoms with Crippen LogP contribution in [0.5, 0.6) is 0 Å². The van der Waals surface area contributed by atoms with Crippen LogP contribution in [-0.4, -0.2) is 90.0 Å². The van der Waals surface area contributed by atoms with Gasteiger partial charge in [-0.15, -0.1) is 0 Å². The van der Waals surface area contributed by atoms with Crippen molar-refractivity contribution in [2.45, 2.75) is 122 Å². The molecule has 3 amide bonds. The van der Waals surface area contributed by atoms with Gasteiger partial charge in [-0.05, 0) is 96.8 Å². The second-order valence-corrected chi connectivity index (χ2v) is 18.3. The molecule has 0 bridgehead atoms. The first kappa shape index (κ1) is 38.6. The number of carbonyl (C=O) groups excluding carboxylic acids is 3. The zero-order chi connectivity index (χ0) is 36.3. The van der Waals surface area contributed by atoms with Gasteiger partial charge in [-0.25, -0.2) is 8.42 Å². The number of furan rings is 1. The molecule has 4 N–H and O–H groups in total. The van der Waals surface area contributed by atoms with E-state index in [2.05, 4.69) is 20.9 Å². The third-order valence-corrected chi connectivity index (χ3v) is 12.5. The van der Waals surface area contributed by atoms with Crippen LogP contribution in [0.1, 0.15) is 94.2 Å². The molecular formula is C37H56N4O7S. The maximum atomic E-state index is 14.2. The molecule has 2 aliphatic rings. The van der Waals surface area contributed by atoms with Gasteiger partial charge in [0.2, 0.25) is 11.8 Å². The molecule has 2 heterocycles. The highest BCUT2D eigenvalue weighted by Gasteiger charge is 2.46. The van der Waals surface area contributed by atoms with Crippen molar-refractivity contribution in [2.75, 3.05) is 19.3 Å². The summed E-state index contributed by atoms with van der Waals surface area (Å²) in [4.78, 5) is 43.2. The van der Waals surface area contributed by atoms with E-state index in [1.807, 2.05) is 51.1 Å². The smallest absolute Gasteiger partial charge is 0.287 e. The Morgan fingerprint density at radius 2 is 1.63 bits per heavy atom. The van der Waals surface area contributed by atoms with E-state index in [4.69, 9.17) is 4.42 Å². The van der Waals surface area contributed by atoms with Crippen LogP contribution in [0.3, 0.4) is 0 Å². The number of fused-ring (bicyclic) bond motifs is 1. The monoisotopic (exact) mass is 700 g/mol. The van der Waals surface area contributed by atoms with Crippen molar-refractivity contribution in [1.82, 2.24) is 20.9 Å². The summed E-state index contributed by atoms with van der Waals surface area (Å²) in [5.41, 5.74) is 1.17. The molecule has 1 aromatic heterocycles. The van der Waals surface area contributed by atoms with Gasteiger partial charge >= 0.3 is 0 Å². The van der Waals surface area contributed by atoms with E-state index < -0.39 is 56.2 Å². The molecule has 272 valence electrons. The number of benzene rings is 1. The lowest BCUT2D eigenvalue weighted by Gasteiger charge is -2.47.